The van der Waals surface area contributed by atoms with Gasteiger partial charge in [0.15, 0.2) is 0 Å². The molecule has 176 valence electrons. The minimum absolute atomic E-state index is 0.128. The van der Waals surface area contributed by atoms with Gasteiger partial charge in [0.25, 0.3) is 11.8 Å². The molecule has 4 amide bonds. The highest BCUT2D eigenvalue weighted by Gasteiger charge is 2.52. The highest BCUT2D eigenvalue weighted by Crippen LogP contribution is 2.33. The van der Waals surface area contributed by atoms with Gasteiger partial charge in [-0.25, -0.2) is 13.2 Å². The van der Waals surface area contributed by atoms with Gasteiger partial charge >= 0.3 is 6.03 Å². The fourth-order valence-electron chi connectivity index (χ4n) is 4.22. The highest BCUT2D eigenvalue weighted by atomic mass is 32.2. The third kappa shape index (κ3) is 4.58. The summed E-state index contributed by atoms with van der Waals surface area (Å²) in [4.78, 5) is 37.6. The highest BCUT2D eigenvalue weighted by molar-refractivity contribution is 7.89. The van der Waals surface area contributed by atoms with Crippen LogP contribution in [0, 0.1) is 6.92 Å². The molecule has 0 aromatic heterocycles. The lowest BCUT2D eigenvalue weighted by Gasteiger charge is -2.30. The first-order valence-electron chi connectivity index (χ1n) is 11.0. The summed E-state index contributed by atoms with van der Waals surface area (Å²) < 4.78 is 26.9. The van der Waals surface area contributed by atoms with Crippen LogP contribution in [0.15, 0.2) is 23.1 Å². The zero-order valence-corrected chi connectivity index (χ0v) is 19.5. The Kier molecular flexibility index (Phi) is 7.09. The summed E-state index contributed by atoms with van der Waals surface area (Å²) in [6.07, 6.45) is 3.84. The van der Waals surface area contributed by atoms with Crippen molar-refractivity contribution in [1.82, 2.24) is 20.1 Å². The zero-order valence-electron chi connectivity index (χ0n) is 18.7. The predicted octanol–water partition coefficient (Wildman–Crippen LogP) is 1.72. The number of benzene rings is 1. The Morgan fingerprint density at radius 1 is 1.16 bits per heavy atom. The number of rotatable bonds is 8. The standard InChI is InChI=1S/C21H31N5O5S/c1-4-25(5-2)32(30,31)16-10-9-15(3)17(13-16)22-14-18(27)24-26-19(28)21(23-20(26)29)11-7-6-8-12-21/h9-10,13,22H,4-8,11-12,14H2,1-3H3,(H,23,29)(H,24,27). The van der Waals surface area contributed by atoms with Crippen molar-refractivity contribution in [2.75, 3.05) is 25.0 Å². The van der Waals surface area contributed by atoms with E-state index in [1.165, 1.54) is 16.4 Å². The Morgan fingerprint density at radius 2 is 1.81 bits per heavy atom. The molecule has 10 nitrogen and oxygen atoms in total. The average Bonchev–Trinajstić information content (AvgIpc) is 2.98. The van der Waals surface area contributed by atoms with Crippen molar-refractivity contribution in [2.24, 2.45) is 0 Å². The van der Waals surface area contributed by atoms with E-state index in [9.17, 15) is 22.8 Å². The fraction of sp³-hybridized carbons (Fsp3) is 0.571. The molecule has 1 heterocycles. The first-order valence-corrected chi connectivity index (χ1v) is 12.4. The van der Waals surface area contributed by atoms with E-state index in [0.717, 1.165) is 29.8 Å². The van der Waals surface area contributed by atoms with Crippen molar-refractivity contribution < 1.29 is 22.8 Å². The second-order valence-corrected chi connectivity index (χ2v) is 10.1. The number of imide groups is 1. The van der Waals surface area contributed by atoms with Crippen LogP contribution in [0.5, 0.6) is 0 Å². The van der Waals surface area contributed by atoms with E-state index in [2.05, 4.69) is 16.1 Å². The molecule has 3 N–H and O–H groups in total. The van der Waals surface area contributed by atoms with Crippen LogP contribution < -0.4 is 16.1 Å². The van der Waals surface area contributed by atoms with Gasteiger partial charge in [-0.1, -0.05) is 39.2 Å². The third-order valence-electron chi connectivity index (χ3n) is 6.10. The summed E-state index contributed by atoms with van der Waals surface area (Å²) in [6, 6.07) is 4.06. The van der Waals surface area contributed by atoms with Crippen LogP contribution in [0.4, 0.5) is 10.5 Å². The Balaban J connectivity index is 1.66. The molecule has 3 rings (SSSR count). The lowest BCUT2D eigenvalue weighted by Crippen LogP contribution is -2.51. The third-order valence-corrected chi connectivity index (χ3v) is 8.14. The second kappa shape index (κ2) is 9.45. The lowest BCUT2D eigenvalue weighted by molar-refractivity contribution is -0.139. The number of carbonyl (C=O) groups is 3. The molecule has 1 aliphatic carbocycles. The number of aryl methyl sites for hydroxylation is 1. The molecular weight excluding hydrogens is 434 g/mol. The van der Waals surface area contributed by atoms with E-state index >= 15 is 0 Å². The molecule has 1 aromatic rings. The number of anilines is 1. The minimum atomic E-state index is -3.64. The topological polar surface area (TPSA) is 128 Å². The van der Waals surface area contributed by atoms with Gasteiger partial charge < -0.3 is 10.6 Å². The summed E-state index contributed by atoms with van der Waals surface area (Å²) in [6.45, 7) is 5.80. The number of hydrazine groups is 1. The molecule has 1 spiro atoms. The molecule has 0 unspecified atom stereocenters. The number of carbonyl (C=O) groups excluding carboxylic acids is 3. The van der Waals surface area contributed by atoms with Crippen LogP contribution >= 0.6 is 0 Å². The van der Waals surface area contributed by atoms with Gasteiger partial charge in [0.1, 0.15) is 5.54 Å². The molecule has 1 aliphatic heterocycles. The molecule has 2 aliphatic rings. The van der Waals surface area contributed by atoms with E-state index in [4.69, 9.17) is 0 Å². The molecular formula is C21H31N5O5S. The van der Waals surface area contributed by atoms with Gasteiger partial charge in [0.2, 0.25) is 10.0 Å². The zero-order chi connectivity index (χ0) is 23.5. The van der Waals surface area contributed by atoms with Crippen molar-refractivity contribution in [3.63, 3.8) is 0 Å². The van der Waals surface area contributed by atoms with E-state index in [1.54, 1.807) is 26.8 Å². The fourth-order valence-corrected chi connectivity index (χ4v) is 5.71. The Labute approximate surface area is 188 Å². The number of amides is 4. The molecule has 1 aromatic carbocycles. The number of urea groups is 1. The molecule has 0 radical (unpaired) electrons. The maximum atomic E-state index is 12.8. The normalized spacial score (nSPS) is 18.2. The van der Waals surface area contributed by atoms with Crippen molar-refractivity contribution in [2.45, 2.75) is 63.3 Å². The van der Waals surface area contributed by atoms with Gasteiger partial charge in [-0.3, -0.25) is 15.0 Å². The first-order chi connectivity index (χ1) is 15.1. The van der Waals surface area contributed by atoms with Gasteiger partial charge in [-0.05, 0) is 37.5 Å². The van der Waals surface area contributed by atoms with Crippen LogP contribution in [0.3, 0.4) is 0 Å². The van der Waals surface area contributed by atoms with E-state index in [0.29, 0.717) is 31.6 Å². The number of sulfonamides is 1. The van der Waals surface area contributed by atoms with E-state index in [1.807, 2.05) is 0 Å². The quantitative estimate of drug-likeness (QED) is 0.502. The first kappa shape index (κ1) is 24.0. The summed E-state index contributed by atoms with van der Waals surface area (Å²) in [5.74, 6) is -1.02. The Morgan fingerprint density at radius 3 is 2.44 bits per heavy atom. The number of nitrogens with zero attached hydrogens (tertiary/aromatic N) is 2. The van der Waals surface area contributed by atoms with Crippen LogP contribution in [0.1, 0.15) is 51.5 Å². The maximum Gasteiger partial charge on any atom is 0.344 e. The number of nitrogens with one attached hydrogen (secondary N) is 3. The van der Waals surface area contributed by atoms with Crippen molar-refractivity contribution in [3.8, 4) is 0 Å². The van der Waals surface area contributed by atoms with Crippen LogP contribution in [0.25, 0.3) is 0 Å². The number of hydrogen-bond donors (Lipinski definition) is 3. The molecule has 1 saturated heterocycles. The van der Waals surface area contributed by atoms with Gasteiger partial charge in [0.05, 0.1) is 11.4 Å². The SMILES string of the molecule is CCN(CC)S(=O)(=O)c1ccc(C)c(NCC(=O)NN2C(=O)NC3(CCCCC3)C2=O)c1. The largest absolute Gasteiger partial charge is 0.376 e. The van der Waals surface area contributed by atoms with Crippen LogP contribution in [-0.2, 0) is 19.6 Å². The monoisotopic (exact) mass is 465 g/mol. The summed E-state index contributed by atoms with van der Waals surface area (Å²) in [7, 11) is -3.64. The summed E-state index contributed by atoms with van der Waals surface area (Å²) in [5.41, 5.74) is 2.69. The second-order valence-electron chi connectivity index (χ2n) is 8.17. The molecule has 0 bridgehead atoms. The molecule has 11 heteroatoms. The van der Waals surface area contributed by atoms with E-state index < -0.39 is 33.4 Å². The lowest BCUT2D eigenvalue weighted by atomic mass is 9.82. The summed E-state index contributed by atoms with van der Waals surface area (Å²) in [5, 5.41) is 6.40. The Bertz CT molecular complexity index is 1000. The molecule has 0 atom stereocenters. The average molecular weight is 466 g/mol. The molecule has 1 saturated carbocycles. The van der Waals surface area contributed by atoms with Crippen molar-refractivity contribution >= 4 is 33.6 Å². The van der Waals surface area contributed by atoms with E-state index in [-0.39, 0.29) is 11.4 Å². The molecule has 32 heavy (non-hydrogen) atoms. The smallest absolute Gasteiger partial charge is 0.344 e. The van der Waals surface area contributed by atoms with Crippen molar-refractivity contribution in [3.05, 3.63) is 23.8 Å². The van der Waals surface area contributed by atoms with Crippen LogP contribution in [0.2, 0.25) is 0 Å². The predicted molar refractivity (Wildman–Crippen MR) is 119 cm³/mol. The number of hydrogen-bond acceptors (Lipinski definition) is 6. The van der Waals surface area contributed by atoms with Gasteiger partial charge in [0, 0.05) is 18.8 Å². The molecule has 2 fully saturated rings. The summed E-state index contributed by atoms with van der Waals surface area (Å²) >= 11 is 0. The van der Waals surface area contributed by atoms with Crippen molar-refractivity contribution in [1.29, 1.82) is 0 Å². The van der Waals surface area contributed by atoms with Gasteiger partial charge in [-0.2, -0.15) is 9.31 Å². The van der Waals surface area contributed by atoms with Gasteiger partial charge in [-0.15, -0.1) is 0 Å². The Hall–Kier alpha value is -2.66. The maximum absolute atomic E-state index is 12.8. The van der Waals surface area contributed by atoms with Crippen LogP contribution in [-0.4, -0.2) is 60.8 Å². The minimum Gasteiger partial charge on any atom is -0.376 e.